The molecule has 0 saturated heterocycles. The first-order chi connectivity index (χ1) is 9.77. The fourth-order valence-corrected chi connectivity index (χ4v) is 2.29. The van der Waals surface area contributed by atoms with Crippen LogP contribution in [0, 0.1) is 13.8 Å². The van der Waals surface area contributed by atoms with E-state index in [1.54, 1.807) is 0 Å². The van der Waals surface area contributed by atoms with Crippen molar-refractivity contribution in [2.24, 2.45) is 5.73 Å². The highest BCUT2D eigenvalue weighted by Crippen LogP contribution is 2.30. The fraction of sp³-hybridized carbons (Fsp3) is 0.294. The van der Waals surface area contributed by atoms with E-state index >= 15 is 0 Å². The van der Waals surface area contributed by atoms with E-state index in [1.807, 2.05) is 26.0 Å². The van der Waals surface area contributed by atoms with Crippen LogP contribution < -0.4 is 5.73 Å². The maximum atomic E-state index is 12.5. The van der Waals surface area contributed by atoms with Gasteiger partial charge in [0.2, 0.25) is 0 Å². The molecule has 1 nitrogen and oxygen atoms in total. The summed E-state index contributed by atoms with van der Waals surface area (Å²) < 4.78 is 37.6. The van der Waals surface area contributed by atoms with Gasteiger partial charge in [0, 0.05) is 6.04 Å². The van der Waals surface area contributed by atoms with Gasteiger partial charge in [0.1, 0.15) is 0 Å². The summed E-state index contributed by atoms with van der Waals surface area (Å²) in [5.41, 5.74) is 9.61. The van der Waals surface area contributed by atoms with Gasteiger partial charge in [0.05, 0.1) is 5.56 Å². The van der Waals surface area contributed by atoms with E-state index in [4.69, 9.17) is 5.73 Å². The minimum atomic E-state index is -4.31. The van der Waals surface area contributed by atoms with E-state index in [1.165, 1.54) is 12.1 Å². The average Bonchev–Trinajstić information content (AvgIpc) is 2.42. The van der Waals surface area contributed by atoms with Crippen molar-refractivity contribution in [2.45, 2.75) is 32.5 Å². The molecule has 0 saturated carbocycles. The molecule has 21 heavy (non-hydrogen) atoms. The zero-order valence-electron chi connectivity index (χ0n) is 12.0. The molecule has 2 aromatic carbocycles. The lowest BCUT2D eigenvalue weighted by molar-refractivity contribution is -0.137. The van der Waals surface area contributed by atoms with Crippen molar-refractivity contribution in [3.8, 4) is 0 Å². The lowest BCUT2D eigenvalue weighted by Crippen LogP contribution is -2.14. The number of hydrogen-bond acceptors (Lipinski definition) is 1. The van der Waals surface area contributed by atoms with Crippen molar-refractivity contribution in [1.82, 2.24) is 0 Å². The van der Waals surface area contributed by atoms with Crippen molar-refractivity contribution in [2.75, 3.05) is 0 Å². The summed E-state index contributed by atoms with van der Waals surface area (Å²) in [6, 6.07) is 10.9. The lowest BCUT2D eigenvalue weighted by atomic mass is 9.95. The first kappa shape index (κ1) is 15.6. The molecule has 0 aliphatic heterocycles. The van der Waals surface area contributed by atoms with E-state index < -0.39 is 11.7 Å². The fourth-order valence-electron chi connectivity index (χ4n) is 2.29. The first-order valence-electron chi connectivity index (χ1n) is 6.76. The van der Waals surface area contributed by atoms with Crippen LogP contribution in [0.3, 0.4) is 0 Å². The quantitative estimate of drug-likeness (QED) is 0.881. The van der Waals surface area contributed by atoms with Gasteiger partial charge in [-0.25, -0.2) is 0 Å². The largest absolute Gasteiger partial charge is 0.416 e. The Morgan fingerprint density at radius 2 is 1.62 bits per heavy atom. The molecule has 0 aromatic heterocycles. The smallest absolute Gasteiger partial charge is 0.324 e. The van der Waals surface area contributed by atoms with Gasteiger partial charge in [-0.15, -0.1) is 0 Å². The molecular weight excluding hydrogens is 275 g/mol. The minimum Gasteiger partial charge on any atom is -0.324 e. The predicted molar refractivity (Wildman–Crippen MR) is 78.0 cm³/mol. The monoisotopic (exact) mass is 293 g/mol. The average molecular weight is 293 g/mol. The Kier molecular flexibility index (Phi) is 4.37. The molecule has 1 unspecified atom stereocenters. The molecule has 2 aromatic rings. The molecule has 0 aliphatic carbocycles. The summed E-state index contributed by atoms with van der Waals surface area (Å²) in [6.07, 6.45) is -3.70. The highest BCUT2D eigenvalue weighted by Gasteiger charge is 2.30. The van der Waals surface area contributed by atoms with Crippen molar-refractivity contribution in [3.63, 3.8) is 0 Å². The number of aryl methyl sites for hydroxylation is 2. The SMILES string of the molecule is Cc1ccc(C)c(CC(N)c2ccc(C(F)(F)F)cc2)c1. The summed E-state index contributed by atoms with van der Waals surface area (Å²) in [5, 5.41) is 0. The topological polar surface area (TPSA) is 26.0 Å². The molecule has 0 aliphatic rings. The number of benzene rings is 2. The van der Waals surface area contributed by atoms with Crippen LogP contribution in [0.2, 0.25) is 0 Å². The molecule has 2 rings (SSSR count). The van der Waals surface area contributed by atoms with Gasteiger partial charge in [-0.1, -0.05) is 35.9 Å². The lowest BCUT2D eigenvalue weighted by Gasteiger charge is -2.15. The number of hydrogen-bond donors (Lipinski definition) is 1. The highest BCUT2D eigenvalue weighted by molar-refractivity contribution is 5.33. The van der Waals surface area contributed by atoms with Crippen LogP contribution in [0.1, 0.15) is 33.9 Å². The van der Waals surface area contributed by atoms with Gasteiger partial charge in [0.15, 0.2) is 0 Å². The number of alkyl halides is 3. The van der Waals surface area contributed by atoms with E-state index in [0.717, 1.165) is 28.8 Å². The first-order valence-corrected chi connectivity index (χ1v) is 6.76. The summed E-state index contributed by atoms with van der Waals surface area (Å²) in [5.74, 6) is 0. The van der Waals surface area contributed by atoms with Crippen molar-refractivity contribution in [3.05, 3.63) is 70.3 Å². The van der Waals surface area contributed by atoms with Crippen molar-refractivity contribution >= 4 is 0 Å². The highest BCUT2D eigenvalue weighted by atomic mass is 19.4. The summed E-state index contributed by atoms with van der Waals surface area (Å²) >= 11 is 0. The van der Waals surface area contributed by atoms with Crippen LogP contribution in [-0.4, -0.2) is 0 Å². The summed E-state index contributed by atoms with van der Waals surface area (Å²) in [7, 11) is 0. The van der Waals surface area contributed by atoms with E-state index in [9.17, 15) is 13.2 Å². The number of nitrogens with two attached hydrogens (primary N) is 1. The summed E-state index contributed by atoms with van der Waals surface area (Å²) in [6.45, 7) is 4.01. The van der Waals surface area contributed by atoms with Gasteiger partial charge in [-0.05, 0) is 49.1 Å². The molecule has 0 bridgehead atoms. The van der Waals surface area contributed by atoms with Gasteiger partial charge in [-0.2, -0.15) is 13.2 Å². The van der Waals surface area contributed by atoms with Gasteiger partial charge < -0.3 is 5.73 Å². The molecular formula is C17H18F3N. The van der Waals surface area contributed by atoms with E-state index in [-0.39, 0.29) is 6.04 Å². The number of rotatable bonds is 3. The van der Waals surface area contributed by atoms with Gasteiger partial charge >= 0.3 is 6.18 Å². The number of halogens is 3. The third-order valence-electron chi connectivity index (χ3n) is 3.61. The van der Waals surface area contributed by atoms with Crippen LogP contribution in [-0.2, 0) is 12.6 Å². The third-order valence-corrected chi connectivity index (χ3v) is 3.61. The van der Waals surface area contributed by atoms with Gasteiger partial charge in [-0.3, -0.25) is 0 Å². The molecule has 1 atom stereocenters. The van der Waals surface area contributed by atoms with Crippen LogP contribution in [0.5, 0.6) is 0 Å². The second kappa shape index (κ2) is 5.90. The normalized spacial score (nSPS) is 13.2. The minimum absolute atomic E-state index is 0.312. The summed E-state index contributed by atoms with van der Waals surface area (Å²) in [4.78, 5) is 0. The van der Waals surface area contributed by atoms with E-state index in [0.29, 0.717) is 12.0 Å². The standard InChI is InChI=1S/C17H18F3N/c1-11-3-4-12(2)14(9-11)10-16(21)13-5-7-15(8-6-13)17(18,19)20/h3-9,16H,10,21H2,1-2H3. The van der Waals surface area contributed by atoms with Crippen LogP contribution in [0.15, 0.2) is 42.5 Å². The van der Waals surface area contributed by atoms with E-state index in [2.05, 4.69) is 6.07 Å². The van der Waals surface area contributed by atoms with Crippen LogP contribution >= 0.6 is 0 Å². The molecule has 0 heterocycles. The molecule has 0 fully saturated rings. The second-order valence-electron chi connectivity index (χ2n) is 5.36. The molecule has 2 N–H and O–H groups in total. The Hall–Kier alpha value is -1.81. The molecule has 0 spiro atoms. The Bertz CT molecular complexity index is 615. The molecule has 0 amide bonds. The Morgan fingerprint density at radius 1 is 1.00 bits per heavy atom. The Labute approximate surface area is 122 Å². The zero-order chi connectivity index (χ0) is 15.6. The zero-order valence-corrected chi connectivity index (χ0v) is 12.0. The molecule has 4 heteroatoms. The maximum absolute atomic E-state index is 12.5. The maximum Gasteiger partial charge on any atom is 0.416 e. The van der Waals surface area contributed by atoms with Crippen molar-refractivity contribution in [1.29, 1.82) is 0 Å². The second-order valence-corrected chi connectivity index (χ2v) is 5.36. The molecule has 112 valence electrons. The third kappa shape index (κ3) is 3.85. The Balaban J connectivity index is 2.17. The van der Waals surface area contributed by atoms with Crippen LogP contribution in [0.4, 0.5) is 13.2 Å². The van der Waals surface area contributed by atoms with Crippen LogP contribution in [0.25, 0.3) is 0 Å². The Morgan fingerprint density at radius 3 is 2.19 bits per heavy atom. The predicted octanol–water partition coefficient (Wildman–Crippen LogP) is 4.56. The molecule has 0 radical (unpaired) electrons. The van der Waals surface area contributed by atoms with Gasteiger partial charge in [0.25, 0.3) is 0 Å². The van der Waals surface area contributed by atoms with Crippen molar-refractivity contribution < 1.29 is 13.2 Å².